The van der Waals surface area contributed by atoms with Crippen LogP contribution >= 0.6 is 11.6 Å². The average Bonchev–Trinajstić information content (AvgIpc) is 2.40. The maximum absolute atomic E-state index is 6.10. The number of para-hydroxylation sites is 1. The van der Waals surface area contributed by atoms with Gasteiger partial charge in [0.25, 0.3) is 0 Å². The van der Waals surface area contributed by atoms with Crippen LogP contribution in [0.25, 0.3) is 0 Å². The number of halogens is 1. The van der Waals surface area contributed by atoms with Gasteiger partial charge in [-0.3, -0.25) is 0 Å². The molecule has 0 saturated carbocycles. The van der Waals surface area contributed by atoms with Crippen LogP contribution in [0.2, 0.25) is 5.02 Å². The van der Waals surface area contributed by atoms with E-state index in [9.17, 15) is 0 Å². The van der Waals surface area contributed by atoms with Crippen molar-refractivity contribution < 1.29 is 4.74 Å². The van der Waals surface area contributed by atoms with Crippen LogP contribution in [0, 0.1) is 0 Å². The molecule has 0 radical (unpaired) electrons. The highest BCUT2D eigenvalue weighted by Crippen LogP contribution is 2.21. The molecule has 2 nitrogen and oxygen atoms in total. The van der Waals surface area contributed by atoms with E-state index in [4.69, 9.17) is 16.3 Å². The van der Waals surface area contributed by atoms with Crippen LogP contribution in [0.3, 0.4) is 0 Å². The Bertz CT molecular complexity index is 513. The summed E-state index contributed by atoms with van der Waals surface area (Å²) in [6.07, 6.45) is 0. The molecule has 0 aliphatic heterocycles. The summed E-state index contributed by atoms with van der Waals surface area (Å²) in [5, 5.41) is 3.87. The fourth-order valence-corrected chi connectivity index (χ4v) is 1.94. The number of rotatable bonds is 5. The van der Waals surface area contributed by atoms with Crippen LogP contribution in [0.4, 0.5) is 0 Å². The molecule has 0 atom stereocenters. The van der Waals surface area contributed by atoms with Crippen molar-refractivity contribution in [3.8, 4) is 5.75 Å². The van der Waals surface area contributed by atoms with Crippen molar-refractivity contribution in [2.75, 3.05) is 7.05 Å². The van der Waals surface area contributed by atoms with Crippen molar-refractivity contribution in [3.05, 3.63) is 64.7 Å². The van der Waals surface area contributed by atoms with Gasteiger partial charge < -0.3 is 10.1 Å². The van der Waals surface area contributed by atoms with Gasteiger partial charge in [0, 0.05) is 22.7 Å². The molecule has 0 bridgehead atoms. The van der Waals surface area contributed by atoms with Gasteiger partial charge in [-0.1, -0.05) is 48.0 Å². The molecule has 94 valence electrons. The Morgan fingerprint density at radius 3 is 2.39 bits per heavy atom. The smallest absolute Gasteiger partial charge is 0.124 e. The van der Waals surface area contributed by atoms with Crippen molar-refractivity contribution in [1.29, 1.82) is 0 Å². The molecule has 0 unspecified atom stereocenters. The largest absolute Gasteiger partial charge is 0.489 e. The second kappa shape index (κ2) is 6.43. The Labute approximate surface area is 113 Å². The Hall–Kier alpha value is -1.51. The van der Waals surface area contributed by atoms with Crippen LogP contribution in [-0.2, 0) is 13.2 Å². The second-order valence-corrected chi connectivity index (χ2v) is 4.43. The lowest BCUT2D eigenvalue weighted by Crippen LogP contribution is -2.07. The monoisotopic (exact) mass is 261 g/mol. The first-order chi connectivity index (χ1) is 8.81. The van der Waals surface area contributed by atoms with E-state index >= 15 is 0 Å². The molecule has 0 saturated heterocycles. The van der Waals surface area contributed by atoms with E-state index < -0.39 is 0 Å². The van der Waals surface area contributed by atoms with Crippen molar-refractivity contribution in [3.63, 3.8) is 0 Å². The molecule has 18 heavy (non-hydrogen) atoms. The molecule has 2 aromatic carbocycles. The molecular formula is C15H16ClNO. The van der Waals surface area contributed by atoms with Crippen molar-refractivity contribution in [1.82, 2.24) is 5.32 Å². The minimum atomic E-state index is 0.487. The Balaban J connectivity index is 2.08. The van der Waals surface area contributed by atoms with Gasteiger partial charge in [0.1, 0.15) is 12.4 Å². The maximum atomic E-state index is 6.10. The van der Waals surface area contributed by atoms with E-state index in [1.165, 1.54) is 0 Å². The standard InChI is InChI=1S/C15H16ClNO/c1-17-10-12-6-3-5-9-15(12)18-11-13-7-2-4-8-14(13)16/h2-9,17H,10-11H2,1H3. The second-order valence-electron chi connectivity index (χ2n) is 4.02. The molecule has 0 aliphatic rings. The van der Waals surface area contributed by atoms with Crippen LogP contribution < -0.4 is 10.1 Å². The van der Waals surface area contributed by atoms with Gasteiger partial charge in [0.2, 0.25) is 0 Å². The summed E-state index contributed by atoms with van der Waals surface area (Å²) in [4.78, 5) is 0. The third kappa shape index (κ3) is 3.25. The van der Waals surface area contributed by atoms with Gasteiger partial charge >= 0.3 is 0 Å². The van der Waals surface area contributed by atoms with Crippen LogP contribution in [0.5, 0.6) is 5.75 Å². The summed E-state index contributed by atoms with van der Waals surface area (Å²) in [5.74, 6) is 0.895. The van der Waals surface area contributed by atoms with Crippen LogP contribution in [0.15, 0.2) is 48.5 Å². The molecule has 0 amide bonds. The van der Waals surface area contributed by atoms with Crippen molar-refractivity contribution in [2.45, 2.75) is 13.2 Å². The fraction of sp³-hybridized carbons (Fsp3) is 0.200. The molecular weight excluding hydrogens is 246 g/mol. The van der Waals surface area contributed by atoms with E-state index in [-0.39, 0.29) is 0 Å². The molecule has 3 heteroatoms. The van der Waals surface area contributed by atoms with E-state index in [0.717, 1.165) is 28.4 Å². The lowest BCUT2D eigenvalue weighted by molar-refractivity contribution is 0.302. The normalized spacial score (nSPS) is 10.3. The van der Waals surface area contributed by atoms with Gasteiger partial charge in [0.15, 0.2) is 0 Å². The highest BCUT2D eigenvalue weighted by Gasteiger charge is 2.04. The lowest BCUT2D eigenvalue weighted by atomic mass is 10.2. The minimum absolute atomic E-state index is 0.487. The predicted molar refractivity (Wildman–Crippen MR) is 75.0 cm³/mol. The average molecular weight is 262 g/mol. The molecule has 0 aromatic heterocycles. The quantitative estimate of drug-likeness (QED) is 0.887. The number of hydrogen-bond acceptors (Lipinski definition) is 2. The zero-order valence-electron chi connectivity index (χ0n) is 10.3. The Morgan fingerprint density at radius 1 is 1.00 bits per heavy atom. The highest BCUT2D eigenvalue weighted by atomic mass is 35.5. The SMILES string of the molecule is CNCc1ccccc1OCc1ccccc1Cl. The molecule has 1 N–H and O–H groups in total. The summed E-state index contributed by atoms with van der Waals surface area (Å²) in [6.45, 7) is 1.28. The zero-order valence-corrected chi connectivity index (χ0v) is 11.1. The zero-order chi connectivity index (χ0) is 12.8. The third-order valence-electron chi connectivity index (χ3n) is 2.68. The van der Waals surface area contributed by atoms with Crippen LogP contribution in [0.1, 0.15) is 11.1 Å². The van der Waals surface area contributed by atoms with Crippen molar-refractivity contribution >= 4 is 11.6 Å². The Morgan fingerprint density at radius 2 is 1.67 bits per heavy atom. The topological polar surface area (TPSA) is 21.3 Å². The highest BCUT2D eigenvalue weighted by molar-refractivity contribution is 6.31. The van der Waals surface area contributed by atoms with Gasteiger partial charge in [-0.05, 0) is 19.2 Å². The molecule has 0 heterocycles. The maximum Gasteiger partial charge on any atom is 0.124 e. The number of benzene rings is 2. The fourth-order valence-electron chi connectivity index (χ4n) is 1.75. The number of ether oxygens (including phenoxy) is 1. The molecule has 2 rings (SSSR count). The minimum Gasteiger partial charge on any atom is -0.489 e. The summed E-state index contributed by atoms with van der Waals surface area (Å²) in [6, 6.07) is 15.7. The van der Waals surface area contributed by atoms with Gasteiger partial charge in [-0.25, -0.2) is 0 Å². The molecule has 0 aliphatic carbocycles. The molecule has 2 aromatic rings. The molecule has 0 spiro atoms. The van der Waals surface area contributed by atoms with E-state index in [1.807, 2.05) is 49.5 Å². The van der Waals surface area contributed by atoms with Gasteiger partial charge in [0.05, 0.1) is 0 Å². The first-order valence-corrected chi connectivity index (χ1v) is 6.28. The summed E-state index contributed by atoms with van der Waals surface area (Å²) in [7, 11) is 1.92. The first kappa shape index (κ1) is 12.9. The van der Waals surface area contributed by atoms with E-state index in [1.54, 1.807) is 0 Å². The van der Waals surface area contributed by atoms with Gasteiger partial charge in [-0.15, -0.1) is 0 Å². The first-order valence-electron chi connectivity index (χ1n) is 5.90. The summed E-state index contributed by atoms with van der Waals surface area (Å²) in [5.41, 5.74) is 2.14. The van der Waals surface area contributed by atoms with E-state index in [2.05, 4.69) is 11.4 Å². The molecule has 0 fully saturated rings. The van der Waals surface area contributed by atoms with Crippen molar-refractivity contribution in [2.24, 2.45) is 0 Å². The number of nitrogens with one attached hydrogen (secondary N) is 1. The summed E-state index contributed by atoms with van der Waals surface area (Å²) >= 11 is 6.10. The predicted octanol–water partition coefficient (Wildman–Crippen LogP) is 3.64. The van der Waals surface area contributed by atoms with Crippen LogP contribution in [-0.4, -0.2) is 7.05 Å². The Kier molecular flexibility index (Phi) is 4.62. The lowest BCUT2D eigenvalue weighted by Gasteiger charge is -2.11. The number of hydrogen-bond donors (Lipinski definition) is 1. The third-order valence-corrected chi connectivity index (χ3v) is 3.05. The van der Waals surface area contributed by atoms with Gasteiger partial charge in [-0.2, -0.15) is 0 Å². The van der Waals surface area contributed by atoms with E-state index in [0.29, 0.717) is 6.61 Å². The summed E-state index contributed by atoms with van der Waals surface area (Å²) < 4.78 is 5.83.